The first-order chi connectivity index (χ1) is 5.33. The van der Waals surface area contributed by atoms with Crippen LogP contribution in [0.5, 0.6) is 0 Å². The largest absolute Gasteiger partial charge is 0.366 e. The maximum atomic E-state index is 5.41. The smallest absolute Gasteiger partial charge is 0.130 e. The third kappa shape index (κ3) is 2.67. The first-order valence-electron chi connectivity index (χ1n) is 4.03. The van der Waals surface area contributed by atoms with E-state index in [1.807, 2.05) is 6.92 Å². The summed E-state index contributed by atoms with van der Waals surface area (Å²) in [5.41, 5.74) is -0.153. The molecular weight excluding hydrogens is 174 g/mol. The van der Waals surface area contributed by atoms with E-state index in [1.165, 1.54) is 0 Å². The summed E-state index contributed by atoms with van der Waals surface area (Å²) in [6.07, 6.45) is 2.01. The molecule has 1 saturated heterocycles. The predicted octanol–water partition coefficient (Wildman–Crippen LogP) is 1.20. The first kappa shape index (κ1) is 11.8. The molecule has 0 saturated carbocycles. The molecule has 1 rings (SSSR count). The second kappa shape index (κ2) is 5.42. The van der Waals surface area contributed by atoms with Crippen molar-refractivity contribution in [2.75, 3.05) is 20.2 Å². The van der Waals surface area contributed by atoms with Gasteiger partial charge in [-0.3, -0.25) is 0 Å². The van der Waals surface area contributed by atoms with Crippen LogP contribution in [0.2, 0.25) is 0 Å². The van der Waals surface area contributed by atoms with Crippen molar-refractivity contribution in [3.63, 3.8) is 0 Å². The van der Waals surface area contributed by atoms with Gasteiger partial charge in [0.15, 0.2) is 0 Å². The van der Waals surface area contributed by atoms with Crippen LogP contribution in [0.4, 0.5) is 0 Å². The van der Waals surface area contributed by atoms with Crippen LogP contribution in [0.3, 0.4) is 0 Å². The van der Waals surface area contributed by atoms with Gasteiger partial charge in [-0.1, -0.05) is 5.92 Å². The number of nitrogens with one attached hydrogen (secondary N) is 1. The second-order valence-corrected chi connectivity index (χ2v) is 2.82. The van der Waals surface area contributed by atoms with Gasteiger partial charge in [0.25, 0.3) is 0 Å². The third-order valence-electron chi connectivity index (χ3n) is 2.15. The fourth-order valence-electron chi connectivity index (χ4n) is 1.44. The topological polar surface area (TPSA) is 21.3 Å². The zero-order valence-electron chi connectivity index (χ0n) is 7.64. The molecule has 2 nitrogen and oxygen atoms in total. The van der Waals surface area contributed by atoms with E-state index in [2.05, 4.69) is 17.2 Å². The molecule has 0 bridgehead atoms. The van der Waals surface area contributed by atoms with Crippen LogP contribution in [0.15, 0.2) is 0 Å². The number of rotatable bonds is 1. The van der Waals surface area contributed by atoms with Gasteiger partial charge in [0.05, 0.1) is 0 Å². The fourth-order valence-corrected chi connectivity index (χ4v) is 1.44. The Labute approximate surface area is 80.5 Å². The molecule has 12 heavy (non-hydrogen) atoms. The summed E-state index contributed by atoms with van der Waals surface area (Å²) in [5.74, 6) is 6.06. The highest BCUT2D eigenvalue weighted by Crippen LogP contribution is 2.20. The number of hydrogen-bond acceptors (Lipinski definition) is 2. The van der Waals surface area contributed by atoms with E-state index in [0.717, 1.165) is 25.9 Å². The van der Waals surface area contributed by atoms with Crippen LogP contribution in [0, 0.1) is 11.8 Å². The summed E-state index contributed by atoms with van der Waals surface area (Å²) >= 11 is 0. The zero-order valence-corrected chi connectivity index (χ0v) is 8.46. The lowest BCUT2D eigenvalue weighted by atomic mass is 9.93. The molecule has 1 heterocycles. The van der Waals surface area contributed by atoms with Crippen molar-refractivity contribution >= 4 is 12.4 Å². The van der Waals surface area contributed by atoms with Gasteiger partial charge in [-0.25, -0.2) is 0 Å². The van der Waals surface area contributed by atoms with Gasteiger partial charge in [0.1, 0.15) is 5.60 Å². The van der Waals surface area contributed by atoms with Gasteiger partial charge >= 0.3 is 0 Å². The predicted molar refractivity (Wildman–Crippen MR) is 52.5 cm³/mol. The Morgan fingerprint density at radius 3 is 2.33 bits per heavy atom. The van der Waals surface area contributed by atoms with Crippen molar-refractivity contribution in [1.82, 2.24) is 5.32 Å². The third-order valence-corrected chi connectivity index (χ3v) is 2.15. The number of hydrogen-bond donors (Lipinski definition) is 1. The average molecular weight is 190 g/mol. The van der Waals surface area contributed by atoms with Crippen LogP contribution in [-0.4, -0.2) is 25.8 Å². The normalized spacial score (nSPS) is 20.2. The molecule has 0 amide bonds. The summed E-state index contributed by atoms with van der Waals surface area (Å²) < 4.78 is 5.41. The zero-order chi connectivity index (χ0) is 8.16. The Kier molecular flexibility index (Phi) is 5.32. The minimum atomic E-state index is -0.153. The summed E-state index contributed by atoms with van der Waals surface area (Å²) in [6.45, 7) is 3.90. The quantitative estimate of drug-likeness (QED) is 0.626. The molecule has 3 heteroatoms. The Morgan fingerprint density at radius 2 is 1.92 bits per heavy atom. The van der Waals surface area contributed by atoms with Gasteiger partial charge < -0.3 is 10.1 Å². The van der Waals surface area contributed by atoms with Crippen LogP contribution < -0.4 is 5.32 Å². The van der Waals surface area contributed by atoms with E-state index >= 15 is 0 Å². The minimum Gasteiger partial charge on any atom is -0.366 e. The number of methoxy groups -OCH3 is 1. The lowest BCUT2D eigenvalue weighted by Crippen LogP contribution is -2.42. The molecule has 70 valence electrons. The van der Waals surface area contributed by atoms with Crippen LogP contribution in [0.1, 0.15) is 19.8 Å². The second-order valence-electron chi connectivity index (χ2n) is 2.82. The number of piperidine rings is 1. The summed E-state index contributed by atoms with van der Waals surface area (Å²) in [4.78, 5) is 0. The SMILES string of the molecule is CC#CC1(OC)CCNCC1.Cl. The molecule has 0 aromatic rings. The summed E-state index contributed by atoms with van der Waals surface area (Å²) in [5, 5.41) is 3.28. The van der Waals surface area contributed by atoms with Crippen molar-refractivity contribution in [3.8, 4) is 11.8 Å². The molecule has 0 aromatic heterocycles. The molecule has 1 aliphatic rings. The molecule has 0 aliphatic carbocycles. The highest BCUT2D eigenvalue weighted by atomic mass is 35.5. The molecule has 0 unspecified atom stereocenters. The van der Waals surface area contributed by atoms with Crippen molar-refractivity contribution in [2.24, 2.45) is 0 Å². The number of halogens is 1. The van der Waals surface area contributed by atoms with E-state index in [1.54, 1.807) is 7.11 Å². The van der Waals surface area contributed by atoms with Gasteiger partial charge in [0, 0.05) is 20.0 Å². The van der Waals surface area contributed by atoms with Gasteiger partial charge in [-0.2, -0.15) is 0 Å². The Bertz CT molecular complexity index is 177. The molecule has 1 aliphatic heterocycles. The summed E-state index contributed by atoms with van der Waals surface area (Å²) in [6, 6.07) is 0. The minimum absolute atomic E-state index is 0. The molecule has 1 N–H and O–H groups in total. The molecule has 0 aromatic carbocycles. The lowest BCUT2D eigenvalue weighted by molar-refractivity contribution is 0.0159. The van der Waals surface area contributed by atoms with Crippen molar-refractivity contribution in [1.29, 1.82) is 0 Å². The maximum Gasteiger partial charge on any atom is 0.130 e. The Balaban J connectivity index is 0.00000121. The summed E-state index contributed by atoms with van der Waals surface area (Å²) in [7, 11) is 1.75. The molecule has 0 atom stereocenters. The van der Waals surface area contributed by atoms with Gasteiger partial charge in [-0.15, -0.1) is 18.3 Å². The van der Waals surface area contributed by atoms with E-state index in [0.29, 0.717) is 0 Å². The molecule has 0 radical (unpaired) electrons. The van der Waals surface area contributed by atoms with Crippen LogP contribution in [-0.2, 0) is 4.74 Å². The van der Waals surface area contributed by atoms with E-state index in [4.69, 9.17) is 4.74 Å². The van der Waals surface area contributed by atoms with E-state index < -0.39 is 0 Å². The monoisotopic (exact) mass is 189 g/mol. The van der Waals surface area contributed by atoms with Gasteiger partial charge in [0.2, 0.25) is 0 Å². The molecule has 0 spiro atoms. The maximum absolute atomic E-state index is 5.41. The van der Waals surface area contributed by atoms with Crippen molar-refractivity contribution in [3.05, 3.63) is 0 Å². The highest BCUT2D eigenvalue weighted by Gasteiger charge is 2.29. The van der Waals surface area contributed by atoms with E-state index in [-0.39, 0.29) is 18.0 Å². The fraction of sp³-hybridized carbons (Fsp3) is 0.778. The first-order valence-corrected chi connectivity index (χ1v) is 4.03. The van der Waals surface area contributed by atoms with Crippen molar-refractivity contribution in [2.45, 2.75) is 25.4 Å². The van der Waals surface area contributed by atoms with Crippen molar-refractivity contribution < 1.29 is 4.74 Å². The standard InChI is InChI=1S/C9H15NO.ClH/c1-3-4-9(11-2)5-7-10-8-6-9;/h10H,5-8H2,1-2H3;1H. The highest BCUT2D eigenvalue weighted by molar-refractivity contribution is 5.85. The number of ether oxygens (including phenoxy) is 1. The Morgan fingerprint density at radius 1 is 1.33 bits per heavy atom. The van der Waals surface area contributed by atoms with Crippen LogP contribution in [0.25, 0.3) is 0 Å². The Hall–Kier alpha value is -0.230. The van der Waals surface area contributed by atoms with Gasteiger partial charge in [-0.05, 0) is 20.0 Å². The molecule has 1 fully saturated rings. The average Bonchev–Trinajstić information content (AvgIpc) is 2.07. The van der Waals surface area contributed by atoms with E-state index in [9.17, 15) is 0 Å². The lowest BCUT2D eigenvalue weighted by Gasteiger charge is -2.31. The van der Waals surface area contributed by atoms with Crippen LogP contribution >= 0.6 is 12.4 Å². The molecular formula is C9H16ClNO.